The summed E-state index contributed by atoms with van der Waals surface area (Å²) in [5.41, 5.74) is 3.07. The van der Waals surface area contributed by atoms with E-state index in [0.29, 0.717) is 47.0 Å². The Morgan fingerprint density at radius 3 is 2.70 bits per heavy atom. The van der Waals surface area contributed by atoms with Crippen molar-refractivity contribution < 1.29 is 13.9 Å². The maximum absolute atomic E-state index is 13.2. The molecule has 7 nitrogen and oxygen atoms in total. The number of benzene rings is 2. The lowest BCUT2D eigenvalue weighted by Crippen LogP contribution is -2.41. The molecule has 4 rings (SSSR count). The summed E-state index contributed by atoms with van der Waals surface area (Å²) in [6.45, 7) is 2.52. The highest BCUT2D eigenvalue weighted by Gasteiger charge is 2.25. The summed E-state index contributed by atoms with van der Waals surface area (Å²) in [6, 6.07) is 10.9. The quantitative estimate of drug-likeness (QED) is 0.695. The Bertz CT molecular complexity index is 1160. The second-order valence-electron chi connectivity index (χ2n) is 7.13. The van der Waals surface area contributed by atoms with E-state index in [1.807, 2.05) is 13.0 Å². The van der Waals surface area contributed by atoms with Crippen molar-refractivity contribution in [3.63, 3.8) is 0 Å². The van der Waals surface area contributed by atoms with Crippen LogP contribution in [0.25, 0.3) is 11.4 Å². The van der Waals surface area contributed by atoms with Crippen molar-refractivity contribution in [3.8, 4) is 17.1 Å². The Kier molecular flexibility index (Phi) is 5.22. The number of carbonyl (C=O) groups excluding carboxylic acids is 1. The third-order valence-electron chi connectivity index (χ3n) is 5.15. The van der Waals surface area contributed by atoms with E-state index in [1.54, 1.807) is 36.3 Å². The highest BCUT2D eigenvalue weighted by Crippen LogP contribution is 2.23. The monoisotopic (exact) mass is 408 g/mol. The second kappa shape index (κ2) is 7.98. The molecule has 2 aromatic carbocycles. The van der Waals surface area contributed by atoms with Gasteiger partial charge in [-0.25, -0.2) is 14.2 Å². The highest BCUT2D eigenvalue weighted by molar-refractivity contribution is 5.90. The van der Waals surface area contributed by atoms with Gasteiger partial charge >= 0.3 is 6.03 Å². The number of hydrogen-bond acceptors (Lipinski definition) is 4. The molecule has 2 N–H and O–H groups in total. The Hall–Kier alpha value is -3.68. The minimum atomic E-state index is -0.365. The summed E-state index contributed by atoms with van der Waals surface area (Å²) in [4.78, 5) is 34.2. The number of carbonyl (C=O) groups is 1. The van der Waals surface area contributed by atoms with Gasteiger partial charge in [0.15, 0.2) is 0 Å². The molecular weight excluding hydrogens is 387 g/mol. The van der Waals surface area contributed by atoms with E-state index in [4.69, 9.17) is 4.74 Å². The molecule has 3 aromatic rings. The first-order chi connectivity index (χ1) is 14.4. The van der Waals surface area contributed by atoms with Crippen LogP contribution >= 0.6 is 0 Å². The van der Waals surface area contributed by atoms with Crippen molar-refractivity contribution in [3.05, 3.63) is 75.5 Å². The van der Waals surface area contributed by atoms with Gasteiger partial charge in [0.25, 0.3) is 5.56 Å². The first-order valence-corrected chi connectivity index (χ1v) is 9.53. The van der Waals surface area contributed by atoms with Gasteiger partial charge < -0.3 is 19.9 Å². The molecule has 154 valence electrons. The first-order valence-electron chi connectivity index (χ1n) is 9.53. The SMILES string of the molecule is COc1ccc(NC(=O)N2CCc3c(nc(-c4ccc(F)cc4)[nH]c3=O)C2)c(C)c1. The van der Waals surface area contributed by atoms with E-state index in [-0.39, 0.29) is 24.0 Å². The Morgan fingerprint density at radius 1 is 1.23 bits per heavy atom. The smallest absolute Gasteiger partial charge is 0.322 e. The van der Waals surface area contributed by atoms with Gasteiger partial charge in [-0.3, -0.25) is 4.79 Å². The van der Waals surface area contributed by atoms with Crippen molar-refractivity contribution in [2.75, 3.05) is 19.0 Å². The second-order valence-corrected chi connectivity index (χ2v) is 7.13. The van der Waals surface area contributed by atoms with Gasteiger partial charge in [-0.15, -0.1) is 0 Å². The number of nitrogens with one attached hydrogen (secondary N) is 2. The van der Waals surface area contributed by atoms with Gasteiger partial charge in [0.2, 0.25) is 0 Å². The number of amides is 2. The van der Waals surface area contributed by atoms with E-state index < -0.39 is 0 Å². The summed E-state index contributed by atoms with van der Waals surface area (Å²) in [6.07, 6.45) is 0.413. The first kappa shape index (κ1) is 19.6. The van der Waals surface area contributed by atoms with Crippen LogP contribution in [0, 0.1) is 12.7 Å². The van der Waals surface area contributed by atoms with E-state index in [1.165, 1.54) is 12.1 Å². The predicted molar refractivity (Wildman–Crippen MR) is 111 cm³/mol. The average molecular weight is 408 g/mol. The summed E-state index contributed by atoms with van der Waals surface area (Å²) in [5, 5.41) is 2.91. The molecule has 0 saturated carbocycles. The molecule has 0 atom stereocenters. The molecule has 0 unspecified atom stereocenters. The summed E-state index contributed by atoms with van der Waals surface area (Å²) in [7, 11) is 1.59. The number of nitrogens with zero attached hydrogens (tertiary/aromatic N) is 2. The molecule has 0 spiro atoms. The standard InChI is InChI=1S/C22H21FN4O3/c1-13-11-16(30-2)7-8-18(13)25-22(29)27-10-9-17-19(12-27)24-20(26-21(17)28)14-3-5-15(23)6-4-14/h3-8,11H,9-10,12H2,1-2H3,(H,25,29)(H,24,26,28). The summed E-state index contributed by atoms with van der Waals surface area (Å²) >= 11 is 0. The van der Waals surface area contributed by atoms with Gasteiger partial charge in [0.05, 0.1) is 19.3 Å². The Morgan fingerprint density at radius 2 is 2.00 bits per heavy atom. The number of hydrogen-bond donors (Lipinski definition) is 2. The van der Waals surface area contributed by atoms with Crippen molar-refractivity contribution in [2.24, 2.45) is 0 Å². The van der Waals surface area contributed by atoms with Crippen LogP contribution in [0.5, 0.6) is 5.75 Å². The van der Waals surface area contributed by atoms with Crippen molar-refractivity contribution >= 4 is 11.7 Å². The molecule has 1 aromatic heterocycles. The Balaban J connectivity index is 1.55. The predicted octanol–water partition coefficient (Wildman–Crippen LogP) is 3.48. The molecule has 0 saturated heterocycles. The minimum absolute atomic E-state index is 0.217. The number of aromatic amines is 1. The lowest BCUT2D eigenvalue weighted by Gasteiger charge is -2.28. The van der Waals surface area contributed by atoms with Crippen LogP contribution in [-0.2, 0) is 13.0 Å². The Labute approximate surface area is 172 Å². The van der Waals surface area contributed by atoms with Gasteiger partial charge in [-0.05, 0) is 61.4 Å². The van der Waals surface area contributed by atoms with Crippen LogP contribution in [0.4, 0.5) is 14.9 Å². The zero-order valence-electron chi connectivity index (χ0n) is 16.7. The van der Waals surface area contributed by atoms with E-state index >= 15 is 0 Å². The third kappa shape index (κ3) is 3.89. The number of rotatable bonds is 3. The van der Waals surface area contributed by atoms with Gasteiger partial charge in [0, 0.05) is 23.4 Å². The largest absolute Gasteiger partial charge is 0.497 e. The molecular formula is C22H21FN4O3. The molecule has 0 bridgehead atoms. The number of halogens is 1. The molecule has 0 fully saturated rings. The number of aryl methyl sites for hydroxylation is 1. The van der Waals surface area contributed by atoms with Crippen LogP contribution in [0.3, 0.4) is 0 Å². The fourth-order valence-electron chi connectivity index (χ4n) is 3.46. The fraction of sp³-hybridized carbons (Fsp3) is 0.227. The molecule has 1 aliphatic heterocycles. The van der Waals surface area contributed by atoms with Crippen LogP contribution in [0.2, 0.25) is 0 Å². The van der Waals surface area contributed by atoms with Gasteiger partial charge in [-0.2, -0.15) is 0 Å². The number of fused-ring (bicyclic) bond motifs is 1. The van der Waals surface area contributed by atoms with Crippen molar-refractivity contribution in [1.82, 2.24) is 14.9 Å². The number of aromatic nitrogens is 2. The highest BCUT2D eigenvalue weighted by atomic mass is 19.1. The van der Waals surface area contributed by atoms with Crippen LogP contribution in [-0.4, -0.2) is 34.6 Å². The number of urea groups is 1. The fourth-order valence-corrected chi connectivity index (χ4v) is 3.46. The van der Waals surface area contributed by atoms with Crippen LogP contribution in [0.1, 0.15) is 16.8 Å². The normalized spacial score (nSPS) is 13.0. The zero-order chi connectivity index (χ0) is 21.3. The maximum atomic E-state index is 13.2. The molecule has 2 heterocycles. The molecule has 1 aliphatic rings. The summed E-state index contributed by atoms with van der Waals surface area (Å²) < 4.78 is 18.4. The maximum Gasteiger partial charge on any atom is 0.322 e. The van der Waals surface area contributed by atoms with E-state index in [9.17, 15) is 14.0 Å². The van der Waals surface area contributed by atoms with Crippen molar-refractivity contribution in [1.29, 1.82) is 0 Å². The lowest BCUT2D eigenvalue weighted by molar-refractivity contribution is 0.205. The minimum Gasteiger partial charge on any atom is -0.497 e. The number of ether oxygens (including phenoxy) is 1. The number of methoxy groups -OCH3 is 1. The third-order valence-corrected chi connectivity index (χ3v) is 5.15. The van der Waals surface area contributed by atoms with Crippen molar-refractivity contribution in [2.45, 2.75) is 19.9 Å². The van der Waals surface area contributed by atoms with Gasteiger partial charge in [0.1, 0.15) is 17.4 Å². The molecule has 0 radical (unpaired) electrons. The van der Waals surface area contributed by atoms with E-state index in [2.05, 4.69) is 15.3 Å². The zero-order valence-corrected chi connectivity index (χ0v) is 16.7. The van der Waals surface area contributed by atoms with E-state index in [0.717, 1.165) is 5.56 Å². The molecule has 8 heteroatoms. The topological polar surface area (TPSA) is 87.3 Å². The van der Waals surface area contributed by atoms with Crippen LogP contribution in [0.15, 0.2) is 47.3 Å². The summed E-state index contributed by atoms with van der Waals surface area (Å²) in [5.74, 6) is 0.705. The van der Waals surface area contributed by atoms with Crippen LogP contribution < -0.4 is 15.6 Å². The number of anilines is 1. The lowest BCUT2D eigenvalue weighted by atomic mass is 10.1. The number of H-pyrrole nitrogens is 1. The average Bonchev–Trinajstić information content (AvgIpc) is 2.75. The molecule has 0 aliphatic carbocycles. The molecule has 30 heavy (non-hydrogen) atoms. The van der Waals surface area contributed by atoms with Gasteiger partial charge in [-0.1, -0.05) is 0 Å². The molecule has 2 amide bonds.